The van der Waals surface area contributed by atoms with E-state index in [0.717, 1.165) is 5.56 Å². The predicted molar refractivity (Wildman–Crippen MR) is 131 cm³/mol. The average molecular weight is 488 g/mol. The Kier molecular flexibility index (Phi) is 6.97. The number of carbonyl (C=O) groups is 1. The summed E-state index contributed by atoms with van der Waals surface area (Å²) in [5, 5.41) is 1.33. The Morgan fingerprint density at radius 2 is 1.94 bits per heavy atom. The monoisotopic (exact) mass is 487 g/mol. The fourth-order valence-electron chi connectivity index (χ4n) is 4.02. The Bertz CT molecular complexity index is 1250. The molecule has 9 heteroatoms. The summed E-state index contributed by atoms with van der Waals surface area (Å²) in [4.78, 5) is 33.1. The summed E-state index contributed by atoms with van der Waals surface area (Å²) in [6.45, 7) is 6.95. The standard InChI is InChI=1S/C24H26ClN3O4S/c1-14-5-8-21(31-4)20(9-14)28-23(30)18-7-6-17(25)10-19(18)26-24(28)33-13-22(29)27-11-15(2)32-16(3)12-27/h5-10,15-16H,11-13H2,1-4H3. The number of aromatic nitrogens is 2. The van der Waals surface area contributed by atoms with Gasteiger partial charge in [0.1, 0.15) is 5.75 Å². The quantitative estimate of drug-likeness (QED) is 0.399. The number of nitrogens with zero attached hydrogens (tertiary/aromatic N) is 3. The molecule has 1 saturated heterocycles. The summed E-state index contributed by atoms with van der Waals surface area (Å²) in [6, 6.07) is 10.6. The van der Waals surface area contributed by atoms with Crippen LogP contribution in [-0.4, -0.2) is 58.5 Å². The number of carbonyl (C=O) groups excluding carboxylic acids is 1. The molecule has 0 spiro atoms. The number of hydrogen-bond donors (Lipinski definition) is 0. The van der Waals surface area contributed by atoms with E-state index >= 15 is 0 Å². The molecule has 1 amide bonds. The topological polar surface area (TPSA) is 73.7 Å². The summed E-state index contributed by atoms with van der Waals surface area (Å²) in [5.41, 5.74) is 1.79. The van der Waals surface area contributed by atoms with Gasteiger partial charge in [-0.15, -0.1) is 0 Å². The van der Waals surface area contributed by atoms with E-state index in [9.17, 15) is 9.59 Å². The normalized spacial score (nSPS) is 18.5. The molecule has 1 aromatic heterocycles. The first-order valence-electron chi connectivity index (χ1n) is 10.7. The number of ether oxygens (including phenoxy) is 2. The Morgan fingerprint density at radius 3 is 2.64 bits per heavy atom. The highest BCUT2D eigenvalue weighted by Crippen LogP contribution is 2.29. The van der Waals surface area contributed by atoms with Gasteiger partial charge in [-0.05, 0) is 56.7 Å². The number of halogens is 1. The molecule has 1 fully saturated rings. The summed E-state index contributed by atoms with van der Waals surface area (Å²) in [7, 11) is 1.56. The van der Waals surface area contributed by atoms with E-state index in [-0.39, 0.29) is 29.4 Å². The molecule has 0 aliphatic carbocycles. The third-order valence-electron chi connectivity index (χ3n) is 5.47. The van der Waals surface area contributed by atoms with Crippen molar-refractivity contribution >= 4 is 40.2 Å². The molecule has 2 atom stereocenters. The van der Waals surface area contributed by atoms with Crippen LogP contribution in [0.25, 0.3) is 16.6 Å². The molecule has 2 aromatic carbocycles. The van der Waals surface area contributed by atoms with Crippen LogP contribution in [0.2, 0.25) is 5.02 Å². The molecule has 2 unspecified atom stereocenters. The van der Waals surface area contributed by atoms with Crippen molar-refractivity contribution in [3.63, 3.8) is 0 Å². The van der Waals surface area contributed by atoms with Crippen LogP contribution in [-0.2, 0) is 9.53 Å². The van der Waals surface area contributed by atoms with Crippen molar-refractivity contribution in [1.82, 2.24) is 14.5 Å². The van der Waals surface area contributed by atoms with Gasteiger partial charge in [0, 0.05) is 18.1 Å². The van der Waals surface area contributed by atoms with Gasteiger partial charge in [-0.25, -0.2) is 4.98 Å². The van der Waals surface area contributed by atoms with Crippen LogP contribution in [0.1, 0.15) is 19.4 Å². The largest absolute Gasteiger partial charge is 0.495 e. The lowest BCUT2D eigenvalue weighted by Gasteiger charge is -2.35. The first kappa shape index (κ1) is 23.6. The van der Waals surface area contributed by atoms with E-state index in [0.29, 0.717) is 45.6 Å². The van der Waals surface area contributed by atoms with Crippen LogP contribution in [0, 0.1) is 6.92 Å². The van der Waals surface area contributed by atoms with Gasteiger partial charge in [0.15, 0.2) is 5.16 Å². The van der Waals surface area contributed by atoms with Crippen LogP contribution >= 0.6 is 23.4 Å². The van der Waals surface area contributed by atoms with Crippen molar-refractivity contribution in [3.8, 4) is 11.4 Å². The minimum Gasteiger partial charge on any atom is -0.495 e. The lowest BCUT2D eigenvalue weighted by Crippen LogP contribution is -2.48. The Hall–Kier alpha value is -2.55. The maximum absolute atomic E-state index is 13.6. The summed E-state index contributed by atoms with van der Waals surface area (Å²) in [5.74, 6) is 0.665. The number of hydrogen-bond acceptors (Lipinski definition) is 6. The molecule has 0 radical (unpaired) electrons. The zero-order valence-electron chi connectivity index (χ0n) is 19.0. The average Bonchev–Trinajstić information content (AvgIpc) is 2.76. The number of morpholine rings is 1. The van der Waals surface area contributed by atoms with E-state index in [1.54, 1.807) is 30.2 Å². The number of methoxy groups -OCH3 is 1. The van der Waals surface area contributed by atoms with Crippen molar-refractivity contribution in [1.29, 1.82) is 0 Å². The molecule has 33 heavy (non-hydrogen) atoms. The van der Waals surface area contributed by atoms with Crippen molar-refractivity contribution in [2.75, 3.05) is 26.0 Å². The Balaban J connectivity index is 1.77. The van der Waals surface area contributed by atoms with Crippen molar-refractivity contribution in [2.45, 2.75) is 38.1 Å². The highest BCUT2D eigenvalue weighted by Gasteiger charge is 2.26. The second-order valence-corrected chi connectivity index (χ2v) is 9.60. The molecule has 3 aromatic rings. The Labute approximate surface area is 201 Å². The van der Waals surface area contributed by atoms with Crippen LogP contribution in [0.4, 0.5) is 0 Å². The zero-order chi connectivity index (χ0) is 23.7. The first-order chi connectivity index (χ1) is 15.8. The lowest BCUT2D eigenvalue weighted by atomic mass is 10.2. The molecule has 0 bridgehead atoms. The number of benzene rings is 2. The Morgan fingerprint density at radius 1 is 1.21 bits per heavy atom. The van der Waals surface area contributed by atoms with Crippen molar-refractivity contribution in [2.24, 2.45) is 0 Å². The summed E-state index contributed by atoms with van der Waals surface area (Å²) < 4.78 is 12.8. The van der Waals surface area contributed by atoms with Crippen LogP contribution in [0.3, 0.4) is 0 Å². The molecule has 1 aliphatic rings. The molecular weight excluding hydrogens is 462 g/mol. The summed E-state index contributed by atoms with van der Waals surface area (Å²) >= 11 is 7.38. The van der Waals surface area contributed by atoms with Crippen LogP contribution in [0.5, 0.6) is 5.75 Å². The first-order valence-corrected chi connectivity index (χ1v) is 12.1. The number of fused-ring (bicyclic) bond motifs is 1. The van der Waals surface area contributed by atoms with Crippen molar-refractivity contribution in [3.05, 3.63) is 57.3 Å². The van der Waals surface area contributed by atoms with E-state index in [1.807, 2.05) is 39.0 Å². The van der Waals surface area contributed by atoms with E-state index in [1.165, 1.54) is 16.3 Å². The minimum atomic E-state index is -0.246. The van der Waals surface area contributed by atoms with Gasteiger partial charge < -0.3 is 14.4 Å². The molecule has 0 N–H and O–H groups in total. The second-order valence-electron chi connectivity index (χ2n) is 8.22. The molecule has 7 nitrogen and oxygen atoms in total. The van der Waals surface area contributed by atoms with Gasteiger partial charge >= 0.3 is 0 Å². The highest BCUT2D eigenvalue weighted by molar-refractivity contribution is 7.99. The highest BCUT2D eigenvalue weighted by atomic mass is 35.5. The predicted octanol–water partition coefficient (Wildman–Crippen LogP) is 4.08. The van der Waals surface area contributed by atoms with Gasteiger partial charge in [-0.1, -0.05) is 29.4 Å². The second kappa shape index (κ2) is 9.75. The van der Waals surface area contributed by atoms with Gasteiger partial charge in [0.2, 0.25) is 5.91 Å². The smallest absolute Gasteiger partial charge is 0.266 e. The number of aryl methyl sites for hydroxylation is 1. The lowest BCUT2D eigenvalue weighted by molar-refractivity contribution is -0.140. The molecule has 2 heterocycles. The maximum Gasteiger partial charge on any atom is 0.266 e. The molecule has 4 rings (SSSR count). The fraction of sp³-hybridized carbons (Fsp3) is 0.375. The number of amides is 1. The molecule has 1 aliphatic heterocycles. The van der Waals surface area contributed by atoms with Gasteiger partial charge in [0.05, 0.1) is 41.7 Å². The molecule has 0 saturated carbocycles. The third-order valence-corrected chi connectivity index (χ3v) is 6.63. The fourth-order valence-corrected chi connectivity index (χ4v) is 5.10. The third kappa shape index (κ3) is 5.03. The number of thioether (sulfide) groups is 1. The van der Waals surface area contributed by atoms with E-state index in [2.05, 4.69) is 0 Å². The number of rotatable bonds is 5. The van der Waals surface area contributed by atoms with Crippen LogP contribution in [0.15, 0.2) is 46.3 Å². The zero-order valence-corrected chi connectivity index (χ0v) is 20.6. The van der Waals surface area contributed by atoms with Gasteiger partial charge in [-0.3, -0.25) is 14.2 Å². The van der Waals surface area contributed by atoms with Crippen LogP contribution < -0.4 is 10.3 Å². The summed E-state index contributed by atoms with van der Waals surface area (Å²) in [6.07, 6.45) is -0.0308. The van der Waals surface area contributed by atoms with Gasteiger partial charge in [-0.2, -0.15) is 0 Å². The maximum atomic E-state index is 13.6. The van der Waals surface area contributed by atoms with Crippen molar-refractivity contribution < 1.29 is 14.3 Å². The van der Waals surface area contributed by atoms with E-state index < -0.39 is 0 Å². The SMILES string of the molecule is COc1ccc(C)cc1-n1c(SCC(=O)N2CC(C)OC(C)C2)nc2cc(Cl)ccc2c1=O. The molecular formula is C24H26ClN3O4S. The van der Waals surface area contributed by atoms with Gasteiger partial charge in [0.25, 0.3) is 5.56 Å². The van der Waals surface area contributed by atoms with E-state index in [4.69, 9.17) is 26.1 Å². The minimum absolute atomic E-state index is 0.0154. The molecule has 174 valence electrons.